The summed E-state index contributed by atoms with van der Waals surface area (Å²) in [5.74, 6) is -4.22. The molecule has 4 atom stereocenters. The van der Waals surface area contributed by atoms with E-state index in [0.717, 1.165) is 5.56 Å². The summed E-state index contributed by atoms with van der Waals surface area (Å²) in [5.41, 5.74) is 1.21. The van der Waals surface area contributed by atoms with Gasteiger partial charge in [-0.05, 0) is 48.9 Å². The summed E-state index contributed by atoms with van der Waals surface area (Å²) in [6.07, 6.45) is 0.379. The molecule has 0 radical (unpaired) electrons. The summed E-state index contributed by atoms with van der Waals surface area (Å²) in [7, 11) is 1.46. The number of benzene rings is 2. The Labute approximate surface area is 268 Å². The molecular weight excluding hydrogens is 595 g/mol. The summed E-state index contributed by atoms with van der Waals surface area (Å²) in [6, 6.07) is 10.4. The smallest absolute Gasteiger partial charge is 0.245 e. The molecule has 12 nitrogen and oxygen atoms in total. The third-order valence-electron chi connectivity index (χ3n) is 7.55. The van der Waals surface area contributed by atoms with Gasteiger partial charge >= 0.3 is 0 Å². The molecule has 1 aliphatic heterocycles. The normalized spacial score (nSPS) is 22.6. The number of carbonyl (C=O) groups is 6. The van der Waals surface area contributed by atoms with E-state index in [1.165, 1.54) is 37.1 Å². The molecule has 13 heteroatoms. The van der Waals surface area contributed by atoms with E-state index in [2.05, 4.69) is 26.6 Å². The van der Waals surface area contributed by atoms with Gasteiger partial charge in [-0.15, -0.1) is 0 Å². The Balaban J connectivity index is 1.82. The van der Waals surface area contributed by atoms with E-state index in [4.69, 9.17) is 0 Å². The highest BCUT2D eigenvalue weighted by Crippen LogP contribution is 2.10. The summed E-state index contributed by atoms with van der Waals surface area (Å²) < 4.78 is 13.6. The third-order valence-corrected chi connectivity index (χ3v) is 7.55. The molecule has 2 aromatic carbocycles. The van der Waals surface area contributed by atoms with Gasteiger partial charge < -0.3 is 31.5 Å². The number of nitrogens with zero attached hydrogens (tertiary/aromatic N) is 1. The largest absolute Gasteiger partial charge is 0.355 e. The topological polar surface area (TPSA) is 166 Å². The van der Waals surface area contributed by atoms with Crippen LogP contribution in [0, 0.1) is 11.7 Å². The minimum Gasteiger partial charge on any atom is -0.355 e. The van der Waals surface area contributed by atoms with Gasteiger partial charge in [0.05, 0.1) is 13.0 Å². The summed E-state index contributed by atoms with van der Waals surface area (Å²) in [4.78, 5) is 80.2. The Bertz CT molecular complexity index is 1400. The van der Waals surface area contributed by atoms with E-state index in [1.807, 2.05) is 30.3 Å². The molecule has 1 aliphatic rings. The molecule has 0 bridgehead atoms. The molecule has 6 amide bonds. The number of amides is 6. The average molecular weight is 639 g/mol. The van der Waals surface area contributed by atoms with Crippen LogP contribution in [-0.2, 0) is 41.6 Å². The quantitative estimate of drug-likeness (QED) is 0.311. The molecule has 0 aromatic heterocycles. The van der Waals surface area contributed by atoms with Crippen molar-refractivity contribution < 1.29 is 33.2 Å². The SMILES string of the molecule is CC(C)[C@H]1NC(=O)[C@@H](NC(=O)Cc2cccc(F)c2)CCCNC(=O)CN(C)C(=O)[C@H](Cc2ccccc2)NC(=O)[C@@H](C)NC1=O. The molecule has 1 saturated heterocycles. The zero-order chi connectivity index (χ0) is 33.8. The lowest BCUT2D eigenvalue weighted by Crippen LogP contribution is -2.59. The molecule has 1 heterocycles. The van der Waals surface area contributed by atoms with Gasteiger partial charge in [0.15, 0.2) is 0 Å². The van der Waals surface area contributed by atoms with Crippen LogP contribution in [0.15, 0.2) is 54.6 Å². The van der Waals surface area contributed by atoms with Crippen molar-refractivity contribution in [1.82, 2.24) is 31.5 Å². The molecule has 0 aliphatic carbocycles. The Kier molecular flexibility index (Phi) is 13.2. The lowest BCUT2D eigenvalue weighted by atomic mass is 10.0. The lowest BCUT2D eigenvalue weighted by molar-refractivity contribution is -0.139. The molecule has 5 N–H and O–H groups in total. The van der Waals surface area contributed by atoms with Gasteiger partial charge in [0.25, 0.3) is 0 Å². The fourth-order valence-electron chi connectivity index (χ4n) is 5.00. The lowest BCUT2D eigenvalue weighted by Gasteiger charge is -2.28. The van der Waals surface area contributed by atoms with E-state index in [-0.39, 0.29) is 38.8 Å². The zero-order valence-electron chi connectivity index (χ0n) is 26.6. The van der Waals surface area contributed by atoms with E-state index in [1.54, 1.807) is 19.9 Å². The third kappa shape index (κ3) is 11.0. The maximum atomic E-state index is 13.6. The molecule has 0 saturated carbocycles. The number of nitrogens with one attached hydrogen (secondary N) is 5. The molecule has 2 aromatic rings. The van der Waals surface area contributed by atoms with Gasteiger partial charge in [0.2, 0.25) is 35.4 Å². The van der Waals surface area contributed by atoms with Crippen molar-refractivity contribution in [2.75, 3.05) is 20.1 Å². The number of hydrogen-bond donors (Lipinski definition) is 5. The van der Waals surface area contributed by atoms with Crippen LogP contribution in [0.1, 0.15) is 44.7 Å². The Morgan fingerprint density at radius 2 is 1.63 bits per heavy atom. The number of carbonyl (C=O) groups excluding carboxylic acids is 6. The van der Waals surface area contributed by atoms with Gasteiger partial charge in [-0.1, -0.05) is 56.3 Å². The van der Waals surface area contributed by atoms with Crippen molar-refractivity contribution in [1.29, 1.82) is 0 Å². The van der Waals surface area contributed by atoms with Crippen molar-refractivity contribution in [2.24, 2.45) is 5.92 Å². The molecule has 248 valence electrons. The van der Waals surface area contributed by atoms with Crippen LogP contribution in [-0.4, -0.2) is 84.6 Å². The highest BCUT2D eigenvalue weighted by Gasteiger charge is 2.32. The van der Waals surface area contributed by atoms with Crippen LogP contribution in [0.25, 0.3) is 0 Å². The van der Waals surface area contributed by atoms with Crippen molar-refractivity contribution in [3.63, 3.8) is 0 Å². The first-order valence-corrected chi connectivity index (χ1v) is 15.3. The first-order valence-electron chi connectivity index (χ1n) is 15.3. The Hall–Kier alpha value is -4.81. The Morgan fingerprint density at radius 3 is 2.30 bits per heavy atom. The maximum absolute atomic E-state index is 13.6. The molecule has 0 spiro atoms. The molecular formula is C33H43FN6O6. The van der Waals surface area contributed by atoms with Crippen LogP contribution < -0.4 is 26.6 Å². The number of likely N-dealkylation sites (N-methyl/N-ethyl adjacent to an activating group) is 1. The van der Waals surface area contributed by atoms with Crippen LogP contribution in [0.4, 0.5) is 4.39 Å². The summed E-state index contributed by atoms with van der Waals surface area (Å²) >= 11 is 0. The minimum atomic E-state index is -1.08. The number of halogens is 1. The summed E-state index contributed by atoms with van der Waals surface area (Å²) in [6.45, 7) is 4.76. The van der Waals surface area contributed by atoms with Crippen molar-refractivity contribution >= 4 is 35.4 Å². The van der Waals surface area contributed by atoms with Gasteiger partial charge in [-0.25, -0.2) is 4.39 Å². The maximum Gasteiger partial charge on any atom is 0.245 e. The zero-order valence-corrected chi connectivity index (χ0v) is 26.6. The predicted octanol–water partition coefficient (Wildman–Crippen LogP) is 0.594. The second-order valence-electron chi connectivity index (χ2n) is 11.8. The molecule has 3 rings (SSSR count). The fraction of sp³-hybridized carbons (Fsp3) is 0.455. The second-order valence-corrected chi connectivity index (χ2v) is 11.8. The van der Waals surface area contributed by atoms with E-state index < -0.39 is 71.3 Å². The minimum absolute atomic E-state index is 0.111. The molecule has 0 unspecified atom stereocenters. The summed E-state index contributed by atoms with van der Waals surface area (Å²) in [5, 5.41) is 13.4. The van der Waals surface area contributed by atoms with Gasteiger partial charge in [-0.2, -0.15) is 0 Å². The number of hydrogen-bond acceptors (Lipinski definition) is 6. The van der Waals surface area contributed by atoms with Crippen LogP contribution in [0.3, 0.4) is 0 Å². The number of rotatable bonds is 6. The van der Waals surface area contributed by atoms with Gasteiger partial charge in [0.1, 0.15) is 30.0 Å². The molecule has 1 fully saturated rings. The Morgan fingerprint density at radius 1 is 0.935 bits per heavy atom. The average Bonchev–Trinajstić information content (AvgIpc) is 3.00. The van der Waals surface area contributed by atoms with Crippen molar-refractivity contribution in [3.8, 4) is 0 Å². The van der Waals surface area contributed by atoms with E-state index in [9.17, 15) is 33.2 Å². The van der Waals surface area contributed by atoms with Crippen LogP contribution >= 0.6 is 0 Å². The predicted molar refractivity (Wildman–Crippen MR) is 168 cm³/mol. The van der Waals surface area contributed by atoms with Gasteiger partial charge in [0, 0.05) is 20.0 Å². The standard InChI is InChI=1S/C33H43FN6O6/c1-20(2)29-32(45)36-21(3)30(43)38-26(17-22-10-6-5-7-11-22)33(46)40(4)19-28(42)35-15-9-14-25(31(44)39-29)37-27(41)18-23-12-8-13-24(34)16-23/h5-8,10-13,16,20-21,25-26,29H,9,14-15,17-19H2,1-4H3,(H,35,42)(H,36,45)(H,37,41)(H,38,43)(H,39,44)/t21-,25+,26+,29-/m1/s1. The van der Waals surface area contributed by atoms with Crippen LogP contribution in [0.2, 0.25) is 0 Å². The highest BCUT2D eigenvalue weighted by atomic mass is 19.1. The van der Waals surface area contributed by atoms with Crippen molar-refractivity contribution in [3.05, 3.63) is 71.5 Å². The van der Waals surface area contributed by atoms with Gasteiger partial charge in [-0.3, -0.25) is 28.8 Å². The fourth-order valence-corrected chi connectivity index (χ4v) is 5.00. The molecule has 46 heavy (non-hydrogen) atoms. The van der Waals surface area contributed by atoms with E-state index >= 15 is 0 Å². The first kappa shape index (κ1) is 35.7. The first-order chi connectivity index (χ1) is 21.8. The van der Waals surface area contributed by atoms with Crippen LogP contribution in [0.5, 0.6) is 0 Å². The van der Waals surface area contributed by atoms with E-state index in [0.29, 0.717) is 5.56 Å². The second kappa shape index (κ2) is 17.0. The monoisotopic (exact) mass is 638 g/mol. The highest BCUT2D eigenvalue weighted by molar-refractivity contribution is 5.96. The van der Waals surface area contributed by atoms with Crippen molar-refractivity contribution in [2.45, 2.75) is 70.6 Å².